The van der Waals surface area contributed by atoms with Crippen LogP contribution in [-0.2, 0) is 24.0 Å². The Kier molecular flexibility index (Phi) is 7.19. The molecule has 34 heavy (non-hydrogen) atoms. The monoisotopic (exact) mass is 493 g/mol. The van der Waals surface area contributed by atoms with Crippen LogP contribution in [0.2, 0.25) is 0 Å². The van der Waals surface area contributed by atoms with E-state index in [1.54, 1.807) is 13.8 Å². The zero-order chi connectivity index (χ0) is 25.4. The Labute approximate surface area is 199 Å². The maximum absolute atomic E-state index is 13.1. The Hall–Kier alpha value is -3.16. The van der Waals surface area contributed by atoms with Gasteiger partial charge in [0, 0.05) is 4.75 Å². The smallest absolute Gasteiger partial charge is 0.327 e. The first kappa shape index (κ1) is 25.5. The first-order chi connectivity index (χ1) is 15.9. The highest BCUT2D eigenvalue weighted by molar-refractivity contribution is 8.01. The summed E-state index contributed by atoms with van der Waals surface area (Å²) in [5, 5.41) is 26.5. The number of primary amides is 1. The predicted octanol–water partition coefficient (Wildman–Crippen LogP) is -1.36. The molecule has 3 rings (SSSR count). The molecule has 2 aliphatic rings. The molecule has 1 aromatic rings. The summed E-state index contributed by atoms with van der Waals surface area (Å²) in [6, 6.07) is 1.52. The topological polar surface area (TPSA) is 191 Å². The molecule has 0 saturated carbocycles. The van der Waals surface area contributed by atoms with Crippen LogP contribution >= 0.6 is 11.8 Å². The fraction of sp³-hybridized carbons (Fsp3) is 0.476. The summed E-state index contributed by atoms with van der Waals surface area (Å²) >= 11 is 1.31. The molecule has 0 bridgehead atoms. The third kappa shape index (κ3) is 4.86. The van der Waals surface area contributed by atoms with Gasteiger partial charge in [0.15, 0.2) is 0 Å². The summed E-state index contributed by atoms with van der Waals surface area (Å²) in [5.74, 6) is -3.93. The molecule has 184 valence electrons. The number of phenolic OH excluding ortho intramolecular Hbond substituents is 1. The third-order valence-corrected chi connectivity index (χ3v) is 7.40. The molecular formula is C21H27N5O7S. The lowest BCUT2D eigenvalue weighted by molar-refractivity contribution is -0.160. The van der Waals surface area contributed by atoms with Crippen molar-refractivity contribution in [1.82, 2.24) is 20.9 Å². The van der Waals surface area contributed by atoms with Crippen molar-refractivity contribution in [2.75, 3.05) is 7.05 Å². The molecule has 2 heterocycles. The van der Waals surface area contributed by atoms with Gasteiger partial charge in [-0.3, -0.25) is 29.8 Å². The highest BCUT2D eigenvalue weighted by Crippen LogP contribution is 2.51. The number of carbonyl (C=O) groups excluding carboxylic acids is 4. The summed E-state index contributed by atoms with van der Waals surface area (Å²) in [4.78, 5) is 62.7. The first-order valence-corrected chi connectivity index (χ1v) is 11.3. The van der Waals surface area contributed by atoms with Crippen LogP contribution in [0.3, 0.4) is 0 Å². The van der Waals surface area contributed by atoms with Crippen molar-refractivity contribution in [2.24, 2.45) is 5.73 Å². The number of β-lactam (4-membered cyclic amide) rings is 1. The van der Waals surface area contributed by atoms with Gasteiger partial charge in [-0.1, -0.05) is 12.1 Å². The van der Waals surface area contributed by atoms with Gasteiger partial charge in [0.2, 0.25) is 23.6 Å². The maximum atomic E-state index is 13.1. The van der Waals surface area contributed by atoms with Crippen LogP contribution in [0.15, 0.2) is 24.3 Å². The second kappa shape index (κ2) is 9.60. The van der Waals surface area contributed by atoms with E-state index in [9.17, 15) is 34.2 Å². The lowest BCUT2D eigenvalue weighted by Crippen LogP contribution is -2.70. The molecule has 0 aliphatic carbocycles. The van der Waals surface area contributed by atoms with Gasteiger partial charge in [0.1, 0.15) is 29.2 Å². The molecule has 1 aromatic carbocycles. The normalized spacial score (nSPS) is 24.5. The van der Waals surface area contributed by atoms with Gasteiger partial charge in [0.25, 0.3) is 0 Å². The molecule has 3 unspecified atom stereocenters. The van der Waals surface area contributed by atoms with Gasteiger partial charge in [-0.15, -0.1) is 11.8 Å². The number of hydrogen-bond acceptors (Lipinski definition) is 9. The number of benzene rings is 1. The fourth-order valence-electron chi connectivity index (χ4n) is 4.14. The number of nitrogens with one attached hydrogen (secondary N) is 3. The van der Waals surface area contributed by atoms with E-state index < -0.39 is 63.9 Å². The quantitative estimate of drug-likeness (QED) is 0.224. The second-order valence-electron chi connectivity index (χ2n) is 8.63. The van der Waals surface area contributed by atoms with E-state index in [0.717, 1.165) is 0 Å². The summed E-state index contributed by atoms with van der Waals surface area (Å²) < 4.78 is -0.746. The third-order valence-electron chi connectivity index (χ3n) is 5.83. The van der Waals surface area contributed by atoms with E-state index in [-0.39, 0.29) is 12.2 Å². The van der Waals surface area contributed by atoms with Gasteiger partial charge < -0.3 is 26.2 Å². The number of nitrogens with two attached hydrogens (primary N) is 1. The number of carboxylic acid groups (broad SMARTS) is 1. The predicted molar refractivity (Wildman–Crippen MR) is 121 cm³/mol. The Morgan fingerprint density at radius 3 is 2.32 bits per heavy atom. The minimum Gasteiger partial charge on any atom is -0.508 e. The van der Waals surface area contributed by atoms with Crippen LogP contribution in [-0.4, -0.2) is 80.0 Å². The minimum atomic E-state index is -1.18. The van der Waals surface area contributed by atoms with E-state index in [0.29, 0.717) is 5.56 Å². The van der Waals surface area contributed by atoms with Crippen LogP contribution in [0.5, 0.6) is 5.75 Å². The number of amides is 4. The zero-order valence-corrected chi connectivity index (χ0v) is 19.6. The maximum Gasteiger partial charge on any atom is 0.327 e. The van der Waals surface area contributed by atoms with Crippen molar-refractivity contribution in [3.63, 3.8) is 0 Å². The molecular weight excluding hydrogens is 466 g/mol. The van der Waals surface area contributed by atoms with Crippen molar-refractivity contribution in [2.45, 2.75) is 54.6 Å². The molecule has 0 radical (unpaired) electrons. The number of likely N-dealkylation sites (N-methyl/N-ethyl adjacent to an activating group) is 1. The number of rotatable bonds is 9. The van der Waals surface area contributed by atoms with Crippen molar-refractivity contribution in [3.05, 3.63) is 29.8 Å². The fourth-order valence-corrected chi connectivity index (χ4v) is 5.78. The van der Waals surface area contributed by atoms with Crippen molar-refractivity contribution in [1.29, 1.82) is 0 Å². The SMILES string of the molecule is CN[C@@H](CC(N)=O)C(=O)NC(=O)[C@@H](NC1C(=O)N2C1SC(C)(C)C2C(=O)O)c1ccc(O)cc1. The number of aromatic hydroxyl groups is 1. The number of nitrogens with zero attached hydrogens (tertiary/aromatic N) is 1. The highest BCUT2D eigenvalue weighted by Gasteiger charge is 2.64. The van der Waals surface area contributed by atoms with E-state index in [1.165, 1.54) is 48.0 Å². The number of thioether (sulfide) groups is 1. The molecule has 13 heteroatoms. The molecule has 0 spiro atoms. The van der Waals surface area contributed by atoms with Gasteiger partial charge >= 0.3 is 5.97 Å². The number of fused-ring (bicyclic) bond motifs is 1. The molecule has 2 saturated heterocycles. The van der Waals surface area contributed by atoms with E-state index >= 15 is 0 Å². The Morgan fingerprint density at radius 1 is 1.18 bits per heavy atom. The van der Waals surface area contributed by atoms with Crippen LogP contribution < -0.4 is 21.7 Å². The van der Waals surface area contributed by atoms with E-state index in [4.69, 9.17) is 5.73 Å². The van der Waals surface area contributed by atoms with Gasteiger partial charge in [-0.25, -0.2) is 4.79 Å². The molecule has 12 nitrogen and oxygen atoms in total. The zero-order valence-electron chi connectivity index (χ0n) is 18.8. The lowest BCUT2D eigenvalue weighted by atomic mass is 9.95. The standard InChI is InChI=1S/C21H27N5O7S/c1-21(2)15(20(32)33)26-18(31)14(19(26)34-21)24-13(9-4-6-10(27)7-5-9)17(30)25-16(29)11(23-3)8-12(22)28/h4-7,11,13-15,19,23-24,27H,8H2,1-3H3,(H2,22,28)(H,32,33)(H,25,29,30)/t11-,13-,14?,15?,19?/m0/s1. The molecule has 7 N–H and O–H groups in total. The van der Waals surface area contributed by atoms with E-state index in [1.807, 2.05) is 0 Å². The van der Waals surface area contributed by atoms with Crippen molar-refractivity contribution >= 4 is 41.4 Å². The van der Waals surface area contributed by atoms with Gasteiger partial charge in [-0.05, 0) is 38.6 Å². The molecule has 2 aliphatic heterocycles. The van der Waals surface area contributed by atoms with E-state index in [2.05, 4.69) is 16.0 Å². The number of carbonyl (C=O) groups is 5. The molecule has 5 atom stereocenters. The lowest BCUT2D eigenvalue weighted by Gasteiger charge is -2.45. The van der Waals surface area contributed by atoms with Crippen LogP contribution in [0.1, 0.15) is 31.9 Å². The molecule has 2 fully saturated rings. The molecule has 0 aromatic heterocycles. The number of aliphatic carboxylic acids is 1. The number of imide groups is 1. The highest BCUT2D eigenvalue weighted by atomic mass is 32.2. The Morgan fingerprint density at radius 2 is 1.79 bits per heavy atom. The average Bonchev–Trinajstić information content (AvgIpc) is 3.01. The number of phenols is 1. The summed E-state index contributed by atoms with van der Waals surface area (Å²) in [7, 11) is 1.44. The number of hydrogen-bond donors (Lipinski definition) is 6. The largest absolute Gasteiger partial charge is 0.508 e. The van der Waals surface area contributed by atoms with Crippen LogP contribution in [0.4, 0.5) is 0 Å². The van der Waals surface area contributed by atoms with Crippen LogP contribution in [0.25, 0.3) is 0 Å². The van der Waals surface area contributed by atoms with Gasteiger partial charge in [0.05, 0.1) is 12.5 Å². The van der Waals surface area contributed by atoms with Crippen LogP contribution in [0, 0.1) is 0 Å². The summed E-state index contributed by atoms with van der Waals surface area (Å²) in [5.41, 5.74) is 5.51. The van der Waals surface area contributed by atoms with Crippen molar-refractivity contribution in [3.8, 4) is 5.75 Å². The Balaban J connectivity index is 1.83. The minimum absolute atomic E-state index is 0.0426. The average molecular weight is 494 g/mol. The summed E-state index contributed by atoms with van der Waals surface area (Å²) in [6.07, 6.45) is -0.326. The Bertz CT molecular complexity index is 1020. The van der Waals surface area contributed by atoms with Crippen molar-refractivity contribution < 1.29 is 34.2 Å². The first-order valence-electron chi connectivity index (χ1n) is 10.5. The second-order valence-corrected chi connectivity index (χ2v) is 10.4. The molecule has 4 amide bonds. The number of carboxylic acids is 1. The van der Waals surface area contributed by atoms with Gasteiger partial charge in [-0.2, -0.15) is 0 Å². The summed E-state index contributed by atoms with van der Waals surface area (Å²) in [6.45, 7) is 3.47.